The summed E-state index contributed by atoms with van der Waals surface area (Å²) in [6.45, 7) is 9.33. The Bertz CT molecular complexity index is 461. The summed E-state index contributed by atoms with van der Waals surface area (Å²) < 4.78 is 31.0. The summed E-state index contributed by atoms with van der Waals surface area (Å²) in [5, 5.41) is 0. The molecule has 1 nitrogen and oxygen atoms in total. The molecule has 90 valence electrons. The highest BCUT2D eigenvalue weighted by atomic mass is 19.2. The van der Waals surface area contributed by atoms with E-state index in [1.54, 1.807) is 6.08 Å². The molecule has 0 N–H and O–H groups in total. The number of allylic oxidation sites excluding steroid dienone is 3. The second-order valence-electron chi connectivity index (χ2n) is 3.44. The molecule has 3 heteroatoms. The Morgan fingerprint density at radius 2 is 2.06 bits per heavy atom. The minimum absolute atomic E-state index is 0.221. The van der Waals surface area contributed by atoms with Crippen LogP contribution in [0.25, 0.3) is 0 Å². The van der Waals surface area contributed by atoms with Gasteiger partial charge in [0.05, 0.1) is 0 Å². The van der Waals surface area contributed by atoms with Gasteiger partial charge in [-0.1, -0.05) is 25.7 Å². The Kier molecular flexibility index (Phi) is 4.64. The zero-order valence-electron chi connectivity index (χ0n) is 9.67. The average molecular weight is 236 g/mol. The molecule has 0 radical (unpaired) electrons. The van der Waals surface area contributed by atoms with Gasteiger partial charge < -0.3 is 4.74 Å². The number of benzene rings is 1. The normalized spacial score (nSPS) is 11.1. The highest BCUT2D eigenvalue weighted by Crippen LogP contribution is 2.19. The lowest BCUT2D eigenvalue weighted by molar-refractivity contribution is 0.432. The highest BCUT2D eigenvalue weighted by Gasteiger charge is 2.04. The van der Waals surface area contributed by atoms with E-state index < -0.39 is 11.6 Å². The first-order chi connectivity index (χ1) is 8.06. The molecule has 0 fully saturated rings. The van der Waals surface area contributed by atoms with Gasteiger partial charge >= 0.3 is 0 Å². The molecular formula is C14H14F2O. The molecule has 0 aliphatic carbocycles. The third kappa shape index (κ3) is 3.87. The minimum atomic E-state index is -0.944. The van der Waals surface area contributed by atoms with E-state index in [0.717, 1.165) is 24.1 Å². The van der Waals surface area contributed by atoms with E-state index in [9.17, 15) is 8.78 Å². The van der Waals surface area contributed by atoms with Gasteiger partial charge in [-0.05, 0) is 30.7 Å². The topological polar surface area (TPSA) is 9.23 Å². The lowest BCUT2D eigenvalue weighted by atomic mass is 10.2. The summed E-state index contributed by atoms with van der Waals surface area (Å²) in [4.78, 5) is 0. The van der Waals surface area contributed by atoms with Crippen LogP contribution in [0.4, 0.5) is 8.78 Å². The number of hydrogen-bond acceptors (Lipinski definition) is 1. The Balaban J connectivity index is 2.88. The molecule has 0 spiro atoms. The molecule has 1 rings (SSSR count). The van der Waals surface area contributed by atoms with Gasteiger partial charge in [0.2, 0.25) is 0 Å². The summed E-state index contributed by atoms with van der Waals surface area (Å²) in [6.07, 6.45) is 3.97. The van der Waals surface area contributed by atoms with Crippen LogP contribution in [0, 0.1) is 11.6 Å². The lowest BCUT2D eigenvalue weighted by Gasteiger charge is -2.07. The van der Waals surface area contributed by atoms with E-state index in [1.807, 2.05) is 6.92 Å². The van der Waals surface area contributed by atoms with Gasteiger partial charge in [0.15, 0.2) is 11.6 Å². The molecule has 0 unspecified atom stereocenters. The molecule has 0 saturated carbocycles. The first kappa shape index (κ1) is 13.2. The summed E-state index contributed by atoms with van der Waals surface area (Å²) in [7, 11) is 0. The van der Waals surface area contributed by atoms with Crippen molar-refractivity contribution < 1.29 is 13.5 Å². The van der Waals surface area contributed by atoms with Gasteiger partial charge in [-0.2, -0.15) is 0 Å². The van der Waals surface area contributed by atoms with E-state index in [1.165, 1.54) is 12.1 Å². The Morgan fingerprint density at radius 1 is 1.35 bits per heavy atom. The van der Waals surface area contributed by atoms with Crippen LogP contribution in [-0.4, -0.2) is 0 Å². The van der Waals surface area contributed by atoms with E-state index in [4.69, 9.17) is 4.74 Å². The maximum atomic E-state index is 12.9. The summed E-state index contributed by atoms with van der Waals surface area (Å²) in [6, 6.07) is 3.35. The Labute approximate surface area is 99.7 Å². The van der Waals surface area contributed by atoms with Crippen LogP contribution < -0.4 is 4.74 Å². The molecule has 0 saturated heterocycles. The quantitative estimate of drug-likeness (QED) is 0.544. The Hall–Kier alpha value is -1.90. The second kappa shape index (κ2) is 5.99. The molecule has 0 amide bonds. The van der Waals surface area contributed by atoms with Crippen molar-refractivity contribution >= 4 is 0 Å². The van der Waals surface area contributed by atoms with Crippen LogP contribution in [0.15, 0.2) is 54.8 Å². The maximum Gasteiger partial charge on any atom is 0.162 e. The molecule has 1 aromatic rings. The third-order valence-electron chi connectivity index (χ3n) is 2.13. The van der Waals surface area contributed by atoms with Crippen molar-refractivity contribution in [1.82, 2.24) is 0 Å². The van der Waals surface area contributed by atoms with E-state index in [0.29, 0.717) is 5.76 Å². The van der Waals surface area contributed by atoms with Crippen LogP contribution in [0.3, 0.4) is 0 Å². The third-order valence-corrected chi connectivity index (χ3v) is 2.13. The van der Waals surface area contributed by atoms with Gasteiger partial charge in [-0.25, -0.2) is 8.78 Å². The fourth-order valence-electron chi connectivity index (χ4n) is 1.11. The van der Waals surface area contributed by atoms with Crippen molar-refractivity contribution in [2.24, 2.45) is 0 Å². The first-order valence-corrected chi connectivity index (χ1v) is 5.21. The van der Waals surface area contributed by atoms with Gasteiger partial charge in [0.1, 0.15) is 11.5 Å². The highest BCUT2D eigenvalue weighted by molar-refractivity contribution is 5.30. The zero-order valence-corrected chi connectivity index (χ0v) is 9.67. The number of hydrogen-bond donors (Lipinski definition) is 0. The summed E-state index contributed by atoms with van der Waals surface area (Å²) in [5.41, 5.74) is 0.863. The minimum Gasteiger partial charge on any atom is -0.457 e. The van der Waals surface area contributed by atoms with E-state index in [-0.39, 0.29) is 5.75 Å². The second-order valence-corrected chi connectivity index (χ2v) is 3.44. The molecular weight excluding hydrogens is 222 g/mol. The van der Waals surface area contributed by atoms with Crippen molar-refractivity contribution in [2.45, 2.75) is 13.3 Å². The fraction of sp³-hybridized carbons (Fsp3) is 0.143. The van der Waals surface area contributed by atoms with E-state index >= 15 is 0 Å². The molecule has 1 aromatic carbocycles. The number of halogens is 2. The summed E-state index contributed by atoms with van der Waals surface area (Å²) >= 11 is 0. The smallest absolute Gasteiger partial charge is 0.162 e. The van der Waals surface area contributed by atoms with Crippen LogP contribution >= 0.6 is 0 Å². The van der Waals surface area contributed by atoms with E-state index in [2.05, 4.69) is 13.2 Å². The van der Waals surface area contributed by atoms with Crippen LogP contribution in [0.5, 0.6) is 5.75 Å². The number of rotatable bonds is 5. The van der Waals surface area contributed by atoms with Gasteiger partial charge in [-0.3, -0.25) is 0 Å². The predicted octanol–water partition coefficient (Wildman–Crippen LogP) is 4.38. The SMILES string of the molecule is C=C/C(=C\C(=C)CC)Oc1ccc(F)c(F)c1. The molecule has 0 atom stereocenters. The van der Waals surface area contributed by atoms with Crippen LogP contribution in [0.1, 0.15) is 13.3 Å². The van der Waals surface area contributed by atoms with Crippen molar-refractivity contribution in [3.05, 3.63) is 66.5 Å². The fourth-order valence-corrected chi connectivity index (χ4v) is 1.11. The molecule has 0 aliphatic rings. The monoisotopic (exact) mass is 236 g/mol. The zero-order chi connectivity index (χ0) is 12.8. The van der Waals surface area contributed by atoms with Gasteiger partial charge in [0.25, 0.3) is 0 Å². The maximum absolute atomic E-state index is 12.9. The largest absolute Gasteiger partial charge is 0.457 e. The standard InChI is InChI=1S/C14H14F2O/c1-4-10(3)8-11(5-2)17-12-6-7-13(15)14(16)9-12/h5-9H,2-4H2,1H3/b11-8+. The van der Waals surface area contributed by atoms with Crippen LogP contribution in [-0.2, 0) is 0 Å². The predicted molar refractivity (Wildman–Crippen MR) is 64.7 cm³/mol. The van der Waals surface area contributed by atoms with Crippen molar-refractivity contribution in [2.75, 3.05) is 0 Å². The molecule has 0 aliphatic heterocycles. The molecule has 17 heavy (non-hydrogen) atoms. The average Bonchev–Trinajstić information content (AvgIpc) is 2.32. The van der Waals surface area contributed by atoms with Crippen molar-refractivity contribution in [3.63, 3.8) is 0 Å². The van der Waals surface area contributed by atoms with Crippen LogP contribution in [0.2, 0.25) is 0 Å². The molecule has 0 aromatic heterocycles. The van der Waals surface area contributed by atoms with Gasteiger partial charge in [0, 0.05) is 6.07 Å². The summed E-state index contributed by atoms with van der Waals surface area (Å²) in [5.74, 6) is -1.18. The first-order valence-electron chi connectivity index (χ1n) is 5.21. The van der Waals surface area contributed by atoms with Crippen molar-refractivity contribution in [1.29, 1.82) is 0 Å². The Morgan fingerprint density at radius 3 is 2.59 bits per heavy atom. The lowest BCUT2D eigenvalue weighted by Crippen LogP contribution is -1.94. The molecule has 0 bridgehead atoms. The number of ether oxygens (including phenoxy) is 1. The molecule has 0 heterocycles. The van der Waals surface area contributed by atoms with Gasteiger partial charge in [-0.15, -0.1) is 0 Å². The van der Waals surface area contributed by atoms with Crippen molar-refractivity contribution in [3.8, 4) is 5.75 Å².